The molecule has 0 aromatic heterocycles. The zero-order valence-corrected chi connectivity index (χ0v) is 16.1. The third kappa shape index (κ3) is 3.84. The minimum absolute atomic E-state index is 0. The van der Waals surface area contributed by atoms with Gasteiger partial charge < -0.3 is 15.2 Å². The van der Waals surface area contributed by atoms with E-state index in [-0.39, 0.29) is 40.9 Å². The number of carbonyl (C=O) groups is 1. The first-order chi connectivity index (χ1) is 11.1. The summed E-state index contributed by atoms with van der Waals surface area (Å²) in [5.74, 6) is -0.0287. The van der Waals surface area contributed by atoms with Gasteiger partial charge in [-0.15, -0.1) is 0 Å². The minimum atomic E-state index is -0.436. The normalized spacial score (nSPS) is 10.1. The van der Waals surface area contributed by atoms with Gasteiger partial charge in [0.15, 0.2) is 0 Å². The second kappa shape index (κ2) is 7.90. The molecule has 0 bridgehead atoms. The van der Waals surface area contributed by atoms with Crippen molar-refractivity contribution in [1.29, 1.82) is 0 Å². The van der Waals surface area contributed by atoms with Crippen LogP contribution in [0.5, 0.6) is 11.5 Å². The quantitative estimate of drug-likeness (QED) is 0.700. The molecule has 0 fully saturated rings. The van der Waals surface area contributed by atoms with Gasteiger partial charge in [-0.1, -0.05) is 35.9 Å². The van der Waals surface area contributed by atoms with Crippen LogP contribution in [0.4, 0.5) is 5.69 Å². The summed E-state index contributed by atoms with van der Waals surface area (Å²) in [5, 5.41) is 15.0. The summed E-state index contributed by atoms with van der Waals surface area (Å²) in [7, 11) is 1.51. The molecule has 0 saturated heterocycles. The second-order valence-electron chi connectivity index (χ2n) is 5.02. The van der Waals surface area contributed by atoms with E-state index in [0.29, 0.717) is 16.5 Å². The van der Waals surface area contributed by atoms with Crippen molar-refractivity contribution in [2.24, 2.45) is 0 Å². The number of fused-ring (bicyclic) bond motifs is 1. The summed E-state index contributed by atoms with van der Waals surface area (Å²) in [5.41, 5.74) is 0.628. The molecule has 1 amide bonds. The van der Waals surface area contributed by atoms with Crippen LogP contribution in [-0.2, 0) is 0 Å². The fourth-order valence-corrected chi connectivity index (χ4v) is 2.55. The Morgan fingerprint density at radius 3 is 2.42 bits per heavy atom. The molecule has 0 spiro atoms. The Labute approximate surface area is 166 Å². The molecule has 3 rings (SSSR count). The van der Waals surface area contributed by atoms with Crippen LogP contribution in [0.1, 0.15) is 10.4 Å². The summed E-state index contributed by atoms with van der Waals surface area (Å²) < 4.78 is 5.20. The van der Waals surface area contributed by atoms with Crippen LogP contribution < -0.4 is 10.1 Å². The molecule has 3 aromatic rings. The molecule has 0 aliphatic carbocycles. The summed E-state index contributed by atoms with van der Waals surface area (Å²) in [6.07, 6.45) is 0. The number of hydrogen-bond acceptors (Lipinski definition) is 3. The predicted octanol–water partition coefficient (Wildman–Crippen LogP) is 4.08. The number of hydrogen-bond donors (Lipinski definition) is 2. The van der Waals surface area contributed by atoms with Crippen LogP contribution in [0.2, 0.25) is 5.02 Å². The number of benzene rings is 3. The summed E-state index contributed by atoms with van der Waals surface area (Å²) in [6, 6.07) is 15.6. The molecule has 0 atom stereocenters. The molecule has 2 N–H and O–H groups in total. The Morgan fingerprint density at radius 1 is 1.08 bits per heavy atom. The number of ether oxygens (including phenoxy) is 1. The van der Waals surface area contributed by atoms with E-state index in [4.69, 9.17) is 16.3 Å². The zero-order chi connectivity index (χ0) is 16.4. The SMILES string of the molecule is COc1ccc(Cl)cc1NC(=O)c1cc2ccccc2cc1O.[Na]. The van der Waals surface area contributed by atoms with E-state index in [1.807, 2.05) is 24.3 Å². The van der Waals surface area contributed by atoms with Crippen molar-refractivity contribution in [2.75, 3.05) is 12.4 Å². The van der Waals surface area contributed by atoms with Crippen LogP contribution in [0, 0.1) is 0 Å². The monoisotopic (exact) mass is 350 g/mol. The van der Waals surface area contributed by atoms with Crippen molar-refractivity contribution < 1.29 is 14.6 Å². The number of rotatable bonds is 3. The summed E-state index contributed by atoms with van der Waals surface area (Å²) >= 11 is 5.96. The average molecular weight is 351 g/mol. The molecule has 6 heteroatoms. The topological polar surface area (TPSA) is 58.6 Å². The van der Waals surface area contributed by atoms with Gasteiger partial charge in [0.1, 0.15) is 11.5 Å². The fourth-order valence-electron chi connectivity index (χ4n) is 2.38. The Kier molecular flexibility index (Phi) is 6.13. The fraction of sp³-hybridized carbons (Fsp3) is 0.0556. The van der Waals surface area contributed by atoms with E-state index in [9.17, 15) is 9.90 Å². The number of nitrogens with one attached hydrogen (secondary N) is 1. The number of carbonyl (C=O) groups excluding carboxylic acids is 1. The molecule has 0 aliphatic heterocycles. The van der Waals surface area contributed by atoms with Crippen LogP contribution >= 0.6 is 11.6 Å². The van der Waals surface area contributed by atoms with Gasteiger partial charge in [0.2, 0.25) is 0 Å². The van der Waals surface area contributed by atoms with Gasteiger partial charge in [-0.05, 0) is 41.1 Å². The largest absolute Gasteiger partial charge is 0.507 e. The van der Waals surface area contributed by atoms with Crippen molar-refractivity contribution >= 4 is 63.5 Å². The van der Waals surface area contributed by atoms with Crippen LogP contribution in [-0.4, -0.2) is 47.7 Å². The molecule has 117 valence electrons. The molecule has 3 aromatic carbocycles. The van der Waals surface area contributed by atoms with Crippen molar-refractivity contribution in [3.8, 4) is 11.5 Å². The van der Waals surface area contributed by atoms with Crippen LogP contribution in [0.15, 0.2) is 54.6 Å². The minimum Gasteiger partial charge on any atom is -0.507 e. The van der Waals surface area contributed by atoms with Crippen LogP contribution in [0.3, 0.4) is 0 Å². The molecule has 0 aliphatic rings. The molecule has 0 unspecified atom stereocenters. The third-order valence-electron chi connectivity index (χ3n) is 3.52. The van der Waals surface area contributed by atoms with E-state index >= 15 is 0 Å². The molecule has 1 radical (unpaired) electrons. The maximum Gasteiger partial charge on any atom is 0.259 e. The number of halogens is 1. The first-order valence-electron chi connectivity index (χ1n) is 6.95. The van der Waals surface area contributed by atoms with Gasteiger partial charge in [0.05, 0.1) is 18.4 Å². The van der Waals surface area contributed by atoms with E-state index in [2.05, 4.69) is 5.32 Å². The number of methoxy groups -OCH3 is 1. The number of phenolic OH excluding ortho intramolecular Hbond substituents is 1. The number of amides is 1. The molecular formula is C18H14ClNNaO3. The zero-order valence-electron chi connectivity index (χ0n) is 13.3. The van der Waals surface area contributed by atoms with Gasteiger partial charge >= 0.3 is 0 Å². The Bertz CT molecular complexity index is 899. The first-order valence-corrected chi connectivity index (χ1v) is 7.33. The Morgan fingerprint density at radius 2 is 1.75 bits per heavy atom. The van der Waals surface area contributed by atoms with E-state index in [1.54, 1.807) is 30.3 Å². The van der Waals surface area contributed by atoms with E-state index in [0.717, 1.165) is 10.8 Å². The Hall–Kier alpha value is -1.72. The molecule has 4 nitrogen and oxygen atoms in total. The van der Waals surface area contributed by atoms with Crippen molar-refractivity contribution in [2.45, 2.75) is 0 Å². The average Bonchev–Trinajstić information content (AvgIpc) is 2.54. The molecule has 24 heavy (non-hydrogen) atoms. The molecule has 0 heterocycles. The van der Waals surface area contributed by atoms with E-state index in [1.165, 1.54) is 7.11 Å². The third-order valence-corrected chi connectivity index (χ3v) is 3.75. The van der Waals surface area contributed by atoms with Crippen LogP contribution in [0.25, 0.3) is 10.8 Å². The van der Waals surface area contributed by atoms with Gasteiger partial charge in [0.25, 0.3) is 5.91 Å². The van der Waals surface area contributed by atoms with Gasteiger partial charge in [-0.3, -0.25) is 4.79 Å². The first kappa shape index (κ1) is 18.6. The smallest absolute Gasteiger partial charge is 0.259 e. The standard InChI is InChI=1S/C18H14ClNO3.Na/c1-23-17-7-6-13(19)10-15(17)20-18(22)14-8-11-4-2-3-5-12(11)9-16(14)21;/h2-10,21H,1H3,(H,20,22);. The van der Waals surface area contributed by atoms with Gasteiger partial charge in [-0.2, -0.15) is 0 Å². The second-order valence-corrected chi connectivity index (χ2v) is 5.45. The van der Waals surface area contributed by atoms with Gasteiger partial charge in [0, 0.05) is 34.6 Å². The number of phenols is 1. The maximum absolute atomic E-state index is 12.5. The molecule has 0 saturated carbocycles. The Balaban J connectivity index is 0.00000208. The number of anilines is 1. The van der Waals surface area contributed by atoms with Gasteiger partial charge in [-0.25, -0.2) is 0 Å². The number of aromatic hydroxyl groups is 1. The predicted molar refractivity (Wildman–Crippen MR) is 97.3 cm³/mol. The van der Waals surface area contributed by atoms with E-state index < -0.39 is 5.91 Å². The maximum atomic E-state index is 12.5. The summed E-state index contributed by atoms with van der Waals surface area (Å²) in [6.45, 7) is 0. The summed E-state index contributed by atoms with van der Waals surface area (Å²) in [4.78, 5) is 12.5. The van der Waals surface area contributed by atoms with Crippen molar-refractivity contribution in [3.63, 3.8) is 0 Å². The van der Waals surface area contributed by atoms with Crippen molar-refractivity contribution in [3.05, 3.63) is 65.2 Å². The van der Waals surface area contributed by atoms with Crippen molar-refractivity contribution in [1.82, 2.24) is 0 Å². The molecular weight excluding hydrogens is 337 g/mol.